The van der Waals surface area contributed by atoms with Crippen LogP contribution in [0.15, 0.2) is 24.3 Å². The van der Waals surface area contributed by atoms with Crippen molar-refractivity contribution in [3.8, 4) is 0 Å². The Morgan fingerprint density at radius 1 is 1.44 bits per heavy atom. The summed E-state index contributed by atoms with van der Waals surface area (Å²) in [6.45, 7) is 10.6. The highest BCUT2D eigenvalue weighted by Gasteiger charge is 2.35. The molecule has 0 radical (unpaired) electrons. The average Bonchev–Trinajstić information content (AvgIpc) is 2.16. The second-order valence-corrected chi connectivity index (χ2v) is 5.14. The standard InChI is InChI=1S/C12H18O3S/c1-6-9(3)8-12(5,16-10(4)13)11(14)15-7-2/h6,8H,1,7H2,2-5H3/b9-8+/t12-/m1/s1. The highest BCUT2D eigenvalue weighted by atomic mass is 32.2. The molecule has 0 saturated carbocycles. The third-order valence-electron chi connectivity index (χ3n) is 1.86. The summed E-state index contributed by atoms with van der Waals surface area (Å²) in [5, 5.41) is -0.122. The van der Waals surface area contributed by atoms with E-state index in [-0.39, 0.29) is 5.12 Å². The van der Waals surface area contributed by atoms with Gasteiger partial charge < -0.3 is 4.74 Å². The molecule has 0 unspecified atom stereocenters. The van der Waals surface area contributed by atoms with E-state index in [0.29, 0.717) is 6.61 Å². The molecule has 90 valence electrons. The zero-order valence-electron chi connectivity index (χ0n) is 10.2. The van der Waals surface area contributed by atoms with Crippen LogP contribution in [0.5, 0.6) is 0 Å². The molecule has 0 saturated heterocycles. The number of esters is 1. The van der Waals surface area contributed by atoms with Crippen LogP contribution in [0, 0.1) is 0 Å². The molecule has 0 rings (SSSR count). The molecule has 0 heterocycles. The first-order valence-electron chi connectivity index (χ1n) is 5.04. The smallest absolute Gasteiger partial charge is 0.326 e. The van der Waals surface area contributed by atoms with Crippen molar-refractivity contribution in [1.29, 1.82) is 0 Å². The summed E-state index contributed by atoms with van der Waals surface area (Å²) in [5.41, 5.74) is 0.837. The topological polar surface area (TPSA) is 43.4 Å². The minimum absolute atomic E-state index is 0.122. The highest BCUT2D eigenvalue weighted by Crippen LogP contribution is 2.30. The van der Waals surface area contributed by atoms with E-state index in [9.17, 15) is 9.59 Å². The maximum atomic E-state index is 11.8. The molecule has 0 aliphatic rings. The molecule has 0 spiro atoms. The minimum Gasteiger partial charge on any atom is -0.465 e. The molecule has 1 atom stereocenters. The summed E-state index contributed by atoms with van der Waals surface area (Å²) < 4.78 is 3.99. The van der Waals surface area contributed by atoms with Gasteiger partial charge in [0.1, 0.15) is 4.75 Å². The van der Waals surface area contributed by atoms with E-state index in [0.717, 1.165) is 17.3 Å². The van der Waals surface area contributed by atoms with Gasteiger partial charge in [-0.3, -0.25) is 9.59 Å². The van der Waals surface area contributed by atoms with E-state index in [2.05, 4.69) is 6.58 Å². The molecule has 0 fully saturated rings. The van der Waals surface area contributed by atoms with Gasteiger partial charge in [-0.15, -0.1) is 0 Å². The van der Waals surface area contributed by atoms with Gasteiger partial charge in [-0.2, -0.15) is 0 Å². The van der Waals surface area contributed by atoms with Crippen LogP contribution in [0.2, 0.25) is 0 Å². The van der Waals surface area contributed by atoms with Crippen LogP contribution in [-0.2, 0) is 14.3 Å². The second-order valence-electron chi connectivity index (χ2n) is 3.51. The highest BCUT2D eigenvalue weighted by molar-refractivity contribution is 8.15. The quantitative estimate of drug-likeness (QED) is 0.549. The van der Waals surface area contributed by atoms with Crippen LogP contribution in [0.25, 0.3) is 0 Å². The van der Waals surface area contributed by atoms with Crippen molar-refractivity contribution < 1.29 is 14.3 Å². The Balaban J connectivity index is 5.09. The number of ether oxygens (including phenoxy) is 1. The van der Waals surface area contributed by atoms with Crippen molar-refractivity contribution in [2.24, 2.45) is 0 Å². The van der Waals surface area contributed by atoms with Crippen molar-refractivity contribution in [2.45, 2.75) is 32.4 Å². The van der Waals surface area contributed by atoms with Gasteiger partial charge in [0, 0.05) is 6.92 Å². The summed E-state index contributed by atoms with van der Waals surface area (Å²) in [6.07, 6.45) is 3.34. The molecule has 0 aromatic heterocycles. The van der Waals surface area contributed by atoms with E-state index < -0.39 is 10.7 Å². The minimum atomic E-state index is -0.972. The fourth-order valence-corrected chi connectivity index (χ4v) is 2.18. The molecule has 0 amide bonds. The van der Waals surface area contributed by atoms with Crippen molar-refractivity contribution in [1.82, 2.24) is 0 Å². The normalized spacial score (nSPS) is 15.1. The SMILES string of the molecule is C=C/C(C)=C/[C@@](C)(SC(C)=O)C(=O)OCC. The number of carbonyl (C=O) groups is 2. The molecular formula is C12H18O3S. The first-order valence-corrected chi connectivity index (χ1v) is 5.86. The Kier molecular flexibility index (Phi) is 6.11. The molecule has 0 aromatic carbocycles. The van der Waals surface area contributed by atoms with Crippen molar-refractivity contribution in [2.75, 3.05) is 6.61 Å². The molecule has 0 bridgehead atoms. The van der Waals surface area contributed by atoms with Crippen molar-refractivity contribution >= 4 is 22.8 Å². The second kappa shape index (κ2) is 6.53. The Labute approximate surface area is 101 Å². The van der Waals surface area contributed by atoms with Gasteiger partial charge in [0.15, 0.2) is 5.12 Å². The predicted octanol–water partition coefficient (Wildman–Crippen LogP) is 2.72. The summed E-state index contributed by atoms with van der Waals surface area (Å²) >= 11 is 0.956. The molecule has 4 heteroatoms. The third-order valence-corrected chi connectivity index (χ3v) is 2.86. The molecule has 0 aliphatic heterocycles. The van der Waals surface area contributed by atoms with Gasteiger partial charge >= 0.3 is 5.97 Å². The lowest BCUT2D eigenvalue weighted by Gasteiger charge is -2.22. The van der Waals surface area contributed by atoms with E-state index in [1.54, 1.807) is 26.0 Å². The van der Waals surface area contributed by atoms with Crippen LogP contribution < -0.4 is 0 Å². The molecule has 0 aliphatic carbocycles. The fourth-order valence-electron chi connectivity index (χ4n) is 1.20. The van der Waals surface area contributed by atoms with Gasteiger partial charge in [0.25, 0.3) is 0 Å². The van der Waals surface area contributed by atoms with Crippen molar-refractivity contribution in [3.63, 3.8) is 0 Å². The maximum Gasteiger partial charge on any atom is 0.326 e. The van der Waals surface area contributed by atoms with Crippen LogP contribution in [-0.4, -0.2) is 22.4 Å². The molecule has 0 N–H and O–H groups in total. The Morgan fingerprint density at radius 3 is 2.38 bits per heavy atom. The Hall–Kier alpha value is -1.03. The van der Waals surface area contributed by atoms with Crippen LogP contribution in [0.4, 0.5) is 0 Å². The Morgan fingerprint density at radius 2 is 2.00 bits per heavy atom. The maximum absolute atomic E-state index is 11.8. The van der Waals surface area contributed by atoms with E-state index >= 15 is 0 Å². The van der Waals surface area contributed by atoms with Gasteiger partial charge in [-0.05, 0) is 20.8 Å². The largest absolute Gasteiger partial charge is 0.465 e. The average molecular weight is 242 g/mol. The van der Waals surface area contributed by atoms with E-state index in [4.69, 9.17) is 4.74 Å². The fraction of sp³-hybridized carbons (Fsp3) is 0.500. The first kappa shape index (κ1) is 15.0. The van der Waals surface area contributed by atoms with Crippen LogP contribution in [0.1, 0.15) is 27.7 Å². The number of hydrogen-bond donors (Lipinski definition) is 0. The third kappa shape index (κ3) is 4.66. The molecule has 3 nitrogen and oxygen atoms in total. The summed E-state index contributed by atoms with van der Waals surface area (Å²) in [6, 6.07) is 0. The lowest BCUT2D eigenvalue weighted by molar-refractivity contribution is -0.144. The van der Waals surface area contributed by atoms with Gasteiger partial charge in [-0.25, -0.2) is 0 Å². The summed E-state index contributed by atoms with van der Waals surface area (Å²) in [4.78, 5) is 22.9. The van der Waals surface area contributed by atoms with Gasteiger partial charge in [0.05, 0.1) is 6.61 Å². The monoisotopic (exact) mass is 242 g/mol. The number of carbonyl (C=O) groups excluding carboxylic acids is 2. The number of thioether (sulfide) groups is 1. The number of allylic oxidation sites excluding steroid dienone is 2. The lowest BCUT2D eigenvalue weighted by Crippen LogP contribution is -2.33. The van der Waals surface area contributed by atoms with E-state index in [1.165, 1.54) is 6.92 Å². The van der Waals surface area contributed by atoms with Crippen LogP contribution in [0.3, 0.4) is 0 Å². The number of rotatable bonds is 5. The van der Waals surface area contributed by atoms with Crippen molar-refractivity contribution in [3.05, 3.63) is 24.3 Å². The Bertz CT molecular complexity index is 320. The van der Waals surface area contributed by atoms with Gasteiger partial charge in [0.2, 0.25) is 0 Å². The van der Waals surface area contributed by atoms with Crippen LogP contribution >= 0.6 is 11.8 Å². The summed E-state index contributed by atoms with van der Waals surface area (Å²) in [7, 11) is 0. The summed E-state index contributed by atoms with van der Waals surface area (Å²) in [5.74, 6) is -0.406. The predicted molar refractivity (Wildman–Crippen MR) is 67.3 cm³/mol. The zero-order chi connectivity index (χ0) is 12.8. The lowest BCUT2D eigenvalue weighted by atomic mass is 10.1. The zero-order valence-corrected chi connectivity index (χ0v) is 11.0. The first-order chi connectivity index (χ1) is 7.35. The molecule has 0 aromatic rings. The van der Waals surface area contributed by atoms with E-state index in [1.807, 2.05) is 6.92 Å². The van der Waals surface area contributed by atoms with Gasteiger partial charge in [-0.1, -0.05) is 36.1 Å². The number of hydrogen-bond acceptors (Lipinski definition) is 4. The molecular weight excluding hydrogens is 224 g/mol. The molecule has 16 heavy (non-hydrogen) atoms.